The second kappa shape index (κ2) is 14.2. The first kappa shape index (κ1) is 31.4. The van der Waals surface area contributed by atoms with E-state index < -0.39 is 5.97 Å². The molecule has 3 aromatic rings. The number of fused-ring (bicyclic) bond motifs is 1. The van der Waals surface area contributed by atoms with Crippen molar-refractivity contribution < 1.29 is 28.5 Å². The quantitative estimate of drug-likeness (QED) is 0.334. The van der Waals surface area contributed by atoms with Crippen molar-refractivity contribution in [3.05, 3.63) is 87.7 Å². The summed E-state index contributed by atoms with van der Waals surface area (Å²) >= 11 is 0. The highest BCUT2D eigenvalue weighted by Gasteiger charge is 2.23. The van der Waals surface area contributed by atoms with Gasteiger partial charge in [0, 0.05) is 30.8 Å². The highest BCUT2D eigenvalue weighted by molar-refractivity contribution is 5.90. The molecule has 0 spiro atoms. The first-order valence-corrected chi connectivity index (χ1v) is 15.2. The van der Waals surface area contributed by atoms with E-state index in [-0.39, 0.29) is 23.9 Å². The van der Waals surface area contributed by atoms with Crippen molar-refractivity contribution in [2.75, 3.05) is 27.3 Å². The van der Waals surface area contributed by atoms with Crippen LogP contribution < -0.4 is 4.74 Å². The van der Waals surface area contributed by atoms with Crippen molar-refractivity contribution in [3.8, 4) is 11.7 Å². The Morgan fingerprint density at radius 2 is 2.07 bits per heavy atom. The Balaban J connectivity index is 0.000000484. The number of aromatic carboxylic acids is 1. The van der Waals surface area contributed by atoms with Crippen molar-refractivity contribution in [3.63, 3.8) is 0 Å². The van der Waals surface area contributed by atoms with Crippen molar-refractivity contribution in [2.24, 2.45) is 0 Å². The third-order valence-corrected chi connectivity index (χ3v) is 8.21. The maximum absolute atomic E-state index is 14.8. The number of allylic oxidation sites excluding steroid dienone is 3. The number of ether oxygens (including phenoxy) is 3. The van der Waals surface area contributed by atoms with Crippen LogP contribution in [0, 0.1) is 5.82 Å². The minimum absolute atomic E-state index is 0.0460. The smallest absolute Gasteiger partial charge is 0.342 e. The van der Waals surface area contributed by atoms with Crippen LogP contribution in [0.5, 0.6) is 5.88 Å². The predicted molar refractivity (Wildman–Crippen MR) is 165 cm³/mol. The third kappa shape index (κ3) is 7.19. The number of methoxy groups -OCH3 is 1. The molecule has 0 radical (unpaired) electrons. The molecule has 0 amide bonds. The van der Waals surface area contributed by atoms with Crippen LogP contribution in [0.15, 0.2) is 53.9 Å². The summed E-state index contributed by atoms with van der Waals surface area (Å²) in [5, 5.41) is 13.6. The zero-order valence-electron chi connectivity index (χ0n) is 25.9. The average Bonchev–Trinajstić information content (AvgIpc) is 3.46. The van der Waals surface area contributed by atoms with Crippen LogP contribution in [0.3, 0.4) is 0 Å². The van der Waals surface area contributed by atoms with E-state index in [4.69, 9.17) is 19.2 Å². The largest absolute Gasteiger partial charge is 0.488 e. The van der Waals surface area contributed by atoms with Gasteiger partial charge in [-0.05, 0) is 94.3 Å². The van der Waals surface area contributed by atoms with Gasteiger partial charge in [0.05, 0.1) is 25.1 Å². The van der Waals surface area contributed by atoms with E-state index in [0.29, 0.717) is 24.2 Å². The maximum Gasteiger partial charge on any atom is 0.342 e. The van der Waals surface area contributed by atoms with Gasteiger partial charge in [-0.2, -0.15) is 9.78 Å². The molecule has 9 nitrogen and oxygen atoms in total. The van der Waals surface area contributed by atoms with Crippen LogP contribution in [0.25, 0.3) is 11.4 Å². The number of carbonyl (C=O) groups is 1. The fourth-order valence-electron chi connectivity index (χ4n) is 5.78. The number of halogens is 1. The molecule has 3 aliphatic rings. The first-order valence-electron chi connectivity index (χ1n) is 15.2. The number of hydrogen-bond donors (Lipinski definition) is 1. The summed E-state index contributed by atoms with van der Waals surface area (Å²) < 4.78 is 33.1. The topological polar surface area (TPSA) is 98.9 Å². The molecule has 1 aromatic carbocycles. The number of aromatic nitrogens is 3. The zero-order valence-corrected chi connectivity index (χ0v) is 25.9. The Hall–Kier alpha value is -4.02. The Bertz CT molecular complexity index is 1560. The van der Waals surface area contributed by atoms with Crippen LogP contribution in [0.4, 0.5) is 4.39 Å². The van der Waals surface area contributed by atoms with Gasteiger partial charge in [-0.15, -0.1) is 0 Å². The lowest BCUT2D eigenvalue weighted by Gasteiger charge is -2.26. The maximum atomic E-state index is 14.8. The van der Waals surface area contributed by atoms with E-state index in [0.717, 1.165) is 66.0 Å². The van der Waals surface area contributed by atoms with E-state index in [1.807, 2.05) is 26.1 Å². The molecule has 1 atom stereocenters. The fourth-order valence-corrected chi connectivity index (χ4v) is 5.78. The van der Waals surface area contributed by atoms with Gasteiger partial charge < -0.3 is 24.2 Å². The summed E-state index contributed by atoms with van der Waals surface area (Å²) in [5.74, 6) is -0.0665. The van der Waals surface area contributed by atoms with E-state index >= 15 is 0 Å². The molecule has 2 aromatic heterocycles. The molecule has 44 heavy (non-hydrogen) atoms. The molecule has 1 N–H and O–H groups in total. The Kier molecular flexibility index (Phi) is 10.1. The van der Waals surface area contributed by atoms with Crippen molar-refractivity contribution in [1.29, 1.82) is 0 Å². The summed E-state index contributed by atoms with van der Waals surface area (Å²) in [5.41, 5.74) is 5.17. The van der Waals surface area contributed by atoms with Gasteiger partial charge in [-0.1, -0.05) is 18.2 Å². The van der Waals surface area contributed by atoms with Crippen LogP contribution in [0.1, 0.15) is 78.7 Å². The van der Waals surface area contributed by atoms with Gasteiger partial charge in [0.2, 0.25) is 5.88 Å². The lowest BCUT2D eigenvalue weighted by atomic mass is 9.95. The highest BCUT2D eigenvalue weighted by atomic mass is 19.1. The van der Waals surface area contributed by atoms with Crippen LogP contribution in [0.2, 0.25) is 0 Å². The first-order chi connectivity index (χ1) is 21.2. The molecular formula is C34H41FN4O5. The summed E-state index contributed by atoms with van der Waals surface area (Å²) in [4.78, 5) is 18.4. The van der Waals surface area contributed by atoms with E-state index in [1.54, 1.807) is 12.1 Å². The summed E-state index contributed by atoms with van der Waals surface area (Å²) in [7, 11) is 3.40. The molecule has 0 unspecified atom stereocenters. The Labute approximate surface area is 258 Å². The lowest BCUT2D eigenvalue weighted by molar-refractivity contribution is 0.0285. The van der Waals surface area contributed by atoms with Crippen molar-refractivity contribution in [2.45, 2.75) is 71.6 Å². The van der Waals surface area contributed by atoms with Gasteiger partial charge >= 0.3 is 5.97 Å². The number of rotatable bonds is 7. The lowest BCUT2D eigenvalue weighted by Crippen LogP contribution is -2.27. The number of likely N-dealkylation sites (N-methyl/N-ethyl adjacent to an activating group) is 1. The summed E-state index contributed by atoms with van der Waals surface area (Å²) in [6.07, 6.45) is 10.3. The van der Waals surface area contributed by atoms with Gasteiger partial charge in [-0.25, -0.2) is 14.2 Å². The summed E-state index contributed by atoms with van der Waals surface area (Å²) in [6.45, 7) is 6.94. The van der Waals surface area contributed by atoms with Crippen molar-refractivity contribution in [1.82, 2.24) is 19.7 Å². The normalized spacial score (nSPS) is 18.6. The molecule has 1 fully saturated rings. The predicted octanol–water partition coefficient (Wildman–Crippen LogP) is 6.34. The Morgan fingerprint density at radius 3 is 2.77 bits per heavy atom. The number of pyridine rings is 1. The SMILES string of the molecule is COc1c(C(=O)O)cnn1-c1cccc(C2=CCCC(C)=C2OCc2cc(F)c3c(c2)CCN(C)C3)n1.C[C@H]1CCCCO1. The number of nitrogens with zero attached hydrogens (tertiary/aromatic N) is 4. The van der Waals surface area contributed by atoms with Crippen LogP contribution in [-0.2, 0) is 29.0 Å². The van der Waals surface area contributed by atoms with Crippen LogP contribution in [-0.4, -0.2) is 64.2 Å². The van der Waals surface area contributed by atoms with E-state index in [1.165, 1.54) is 37.3 Å². The van der Waals surface area contributed by atoms with Crippen LogP contribution >= 0.6 is 0 Å². The summed E-state index contributed by atoms with van der Waals surface area (Å²) in [6, 6.07) is 9.07. The number of benzene rings is 1. The van der Waals surface area contributed by atoms with Crippen molar-refractivity contribution >= 4 is 11.5 Å². The van der Waals surface area contributed by atoms with E-state index in [9.17, 15) is 14.3 Å². The minimum atomic E-state index is -1.13. The fraction of sp³-hybridized carbons (Fsp3) is 0.441. The van der Waals surface area contributed by atoms with Gasteiger partial charge in [0.1, 0.15) is 23.7 Å². The number of carboxylic acids is 1. The number of hydrogen-bond acceptors (Lipinski definition) is 7. The standard InChI is InChI=1S/C28H29FN4O4.C6H12O/c1-17-6-4-7-20(24-8-5-9-25(31-24)33-27(36-3)21(14-30-33)28(34)35)26(17)37-16-18-12-19-10-11-32(2)15-22(19)23(29)13-18;1-6-4-2-3-5-7-6/h5,7-9,12-14H,4,6,10-11,15-16H2,1-3H3,(H,34,35);6H,2-5H2,1H3/t;6-/m.0/s1. The molecular weight excluding hydrogens is 563 g/mol. The monoisotopic (exact) mass is 604 g/mol. The molecule has 0 saturated carbocycles. The molecule has 0 bridgehead atoms. The molecule has 2 aliphatic heterocycles. The molecule has 234 valence electrons. The molecule has 1 aliphatic carbocycles. The second-order valence-corrected chi connectivity index (χ2v) is 11.6. The Morgan fingerprint density at radius 1 is 1.23 bits per heavy atom. The van der Waals surface area contributed by atoms with Gasteiger partial charge in [-0.3, -0.25) is 0 Å². The zero-order chi connectivity index (χ0) is 31.2. The number of carboxylic acid groups (broad SMARTS) is 1. The average molecular weight is 605 g/mol. The second-order valence-electron chi connectivity index (χ2n) is 11.6. The van der Waals surface area contributed by atoms with Gasteiger partial charge in [0.15, 0.2) is 5.82 Å². The molecule has 1 saturated heterocycles. The molecule has 6 rings (SSSR count). The molecule has 10 heteroatoms. The van der Waals surface area contributed by atoms with E-state index in [2.05, 4.69) is 29.1 Å². The highest BCUT2D eigenvalue weighted by Crippen LogP contribution is 2.34. The third-order valence-electron chi connectivity index (χ3n) is 8.21. The minimum Gasteiger partial charge on any atom is -0.488 e. The molecule has 4 heterocycles. The van der Waals surface area contributed by atoms with Gasteiger partial charge in [0.25, 0.3) is 0 Å².